The summed E-state index contributed by atoms with van der Waals surface area (Å²) in [5, 5.41) is 46.3. The monoisotopic (exact) mass is 414 g/mol. The Morgan fingerprint density at radius 3 is 1.93 bits per heavy atom. The van der Waals surface area contributed by atoms with Crippen LogP contribution in [-0.4, -0.2) is 42.8 Å². The van der Waals surface area contributed by atoms with Crippen molar-refractivity contribution in [3.8, 4) is 23.0 Å². The highest BCUT2D eigenvalue weighted by atomic mass is 35.5. The second-order valence-electron chi connectivity index (χ2n) is 5.57. The summed E-state index contributed by atoms with van der Waals surface area (Å²) < 4.78 is 0. The van der Waals surface area contributed by atoms with Gasteiger partial charge in [0.1, 0.15) is 5.15 Å². The molecule has 2 aromatic carbocycles. The Morgan fingerprint density at radius 2 is 1.34 bits per heavy atom. The molecule has 0 aliphatic heterocycles. The first-order valence-electron chi connectivity index (χ1n) is 8.08. The first kappa shape index (κ1) is 19.7. The molecular weight excluding hydrogens is 400 g/mol. The molecule has 0 fully saturated rings. The molecule has 0 aliphatic carbocycles. The Kier molecular flexibility index (Phi) is 5.95. The molecule has 1 heterocycles. The van der Waals surface area contributed by atoms with Gasteiger partial charge in [0.25, 0.3) is 0 Å². The molecule has 10 nitrogen and oxygen atoms in total. The zero-order chi connectivity index (χ0) is 20.8. The number of phenols is 4. The number of benzene rings is 2. The number of phenolic OH excluding ortho intramolecular Hbond substituents is 4. The van der Waals surface area contributed by atoms with Crippen LogP contribution in [0.1, 0.15) is 11.1 Å². The molecule has 0 amide bonds. The van der Waals surface area contributed by atoms with Gasteiger partial charge >= 0.3 is 0 Å². The van der Waals surface area contributed by atoms with E-state index in [2.05, 4.69) is 31.0 Å². The summed E-state index contributed by atoms with van der Waals surface area (Å²) in [6, 6.07) is 10.3. The number of halogens is 1. The lowest BCUT2D eigenvalue weighted by Gasteiger charge is -2.04. The normalized spacial score (nSPS) is 11.2. The fraction of sp³-hybridized carbons (Fsp3) is 0. The van der Waals surface area contributed by atoms with Crippen molar-refractivity contribution in [3.63, 3.8) is 0 Å². The van der Waals surface area contributed by atoms with Gasteiger partial charge in [-0.25, -0.2) is 5.43 Å². The molecule has 1 aromatic heterocycles. The van der Waals surface area contributed by atoms with Crippen LogP contribution in [0.25, 0.3) is 0 Å². The van der Waals surface area contributed by atoms with E-state index in [-0.39, 0.29) is 45.5 Å². The largest absolute Gasteiger partial charge is 0.504 e. The van der Waals surface area contributed by atoms with E-state index in [1.165, 1.54) is 30.6 Å². The summed E-state index contributed by atoms with van der Waals surface area (Å²) in [5.41, 5.74) is 5.76. The molecule has 148 valence electrons. The fourth-order valence-corrected chi connectivity index (χ4v) is 2.34. The summed E-state index contributed by atoms with van der Waals surface area (Å²) in [5.74, 6) is -0.857. The molecule has 11 heteroatoms. The van der Waals surface area contributed by atoms with Crippen molar-refractivity contribution in [2.45, 2.75) is 0 Å². The van der Waals surface area contributed by atoms with Crippen molar-refractivity contribution < 1.29 is 20.4 Å². The molecule has 0 saturated heterocycles. The maximum atomic E-state index is 9.74. The van der Waals surface area contributed by atoms with Crippen LogP contribution in [0, 0.1) is 0 Å². The van der Waals surface area contributed by atoms with E-state index >= 15 is 0 Å². The number of hydrogen-bond donors (Lipinski definition) is 6. The Labute approximate surface area is 169 Å². The molecule has 0 saturated carbocycles. The number of hydrogen-bond acceptors (Lipinski definition) is 10. The van der Waals surface area contributed by atoms with Gasteiger partial charge in [0.05, 0.1) is 12.4 Å². The van der Waals surface area contributed by atoms with Crippen LogP contribution in [0.3, 0.4) is 0 Å². The van der Waals surface area contributed by atoms with E-state index in [0.29, 0.717) is 5.56 Å². The number of hydrazone groups is 2. The van der Waals surface area contributed by atoms with Crippen LogP contribution in [-0.2, 0) is 0 Å². The van der Waals surface area contributed by atoms with Crippen molar-refractivity contribution in [2.75, 3.05) is 10.9 Å². The Balaban J connectivity index is 1.69. The molecule has 0 unspecified atom stereocenters. The molecule has 0 radical (unpaired) electrons. The van der Waals surface area contributed by atoms with Gasteiger partial charge in [-0.15, -0.1) is 0 Å². The molecule has 0 bridgehead atoms. The van der Waals surface area contributed by atoms with Gasteiger partial charge in [-0.05, 0) is 24.3 Å². The molecule has 3 aromatic rings. The summed E-state index contributed by atoms with van der Waals surface area (Å²) in [4.78, 5) is 8.06. The average molecular weight is 415 g/mol. The maximum Gasteiger partial charge on any atom is 0.246 e. The molecule has 3 rings (SSSR count). The Hall–Kier alpha value is -4.05. The first-order chi connectivity index (χ1) is 13.9. The lowest BCUT2D eigenvalue weighted by molar-refractivity contribution is 0.403. The van der Waals surface area contributed by atoms with Crippen LogP contribution in [0.15, 0.2) is 52.7 Å². The Morgan fingerprint density at radius 1 is 0.793 bits per heavy atom. The number of aromatic hydroxyl groups is 4. The van der Waals surface area contributed by atoms with E-state index in [1.54, 1.807) is 24.3 Å². The first-order valence-corrected chi connectivity index (χ1v) is 8.46. The van der Waals surface area contributed by atoms with E-state index in [9.17, 15) is 20.4 Å². The minimum Gasteiger partial charge on any atom is -0.504 e. The maximum absolute atomic E-state index is 9.74. The van der Waals surface area contributed by atoms with Crippen LogP contribution < -0.4 is 10.9 Å². The topological polar surface area (TPSA) is 155 Å². The van der Waals surface area contributed by atoms with Crippen molar-refractivity contribution in [3.05, 3.63) is 58.7 Å². The summed E-state index contributed by atoms with van der Waals surface area (Å²) in [7, 11) is 0. The number of aromatic nitrogens is 2. The predicted octanol–water partition coefficient (Wildman–Crippen LogP) is 2.84. The smallest absolute Gasteiger partial charge is 0.246 e. The summed E-state index contributed by atoms with van der Waals surface area (Å²) in [6.45, 7) is 0. The second kappa shape index (κ2) is 8.76. The number of nitrogens with zero attached hydrogens (tertiary/aromatic N) is 4. The van der Waals surface area contributed by atoms with E-state index in [0.717, 1.165) is 0 Å². The van der Waals surface area contributed by atoms with Gasteiger partial charge < -0.3 is 20.4 Å². The molecular formula is C18H15ClN6O4. The minimum atomic E-state index is -0.308. The average Bonchev–Trinajstić information content (AvgIpc) is 2.68. The van der Waals surface area contributed by atoms with Crippen LogP contribution in [0.2, 0.25) is 5.15 Å². The van der Waals surface area contributed by atoms with E-state index in [1.807, 2.05) is 0 Å². The van der Waals surface area contributed by atoms with Gasteiger partial charge in [-0.1, -0.05) is 23.7 Å². The Bertz CT molecular complexity index is 1010. The minimum absolute atomic E-state index is 0.0475. The third-order valence-electron chi connectivity index (χ3n) is 3.54. The molecule has 6 N–H and O–H groups in total. The summed E-state index contributed by atoms with van der Waals surface area (Å²) in [6.07, 6.45) is 2.57. The van der Waals surface area contributed by atoms with Gasteiger partial charge in [-0.3, -0.25) is 5.43 Å². The number of nitrogens with one attached hydrogen (secondary N) is 2. The van der Waals surface area contributed by atoms with Crippen molar-refractivity contribution in [2.24, 2.45) is 10.2 Å². The van der Waals surface area contributed by atoms with Crippen molar-refractivity contribution >= 4 is 35.8 Å². The predicted molar refractivity (Wildman–Crippen MR) is 109 cm³/mol. The lowest BCUT2D eigenvalue weighted by Crippen LogP contribution is -2.01. The van der Waals surface area contributed by atoms with Crippen molar-refractivity contribution in [1.29, 1.82) is 0 Å². The fourth-order valence-electron chi connectivity index (χ4n) is 2.16. The number of anilines is 2. The number of rotatable bonds is 6. The number of para-hydroxylation sites is 2. The zero-order valence-corrected chi connectivity index (χ0v) is 15.4. The van der Waals surface area contributed by atoms with Crippen LogP contribution >= 0.6 is 11.6 Å². The van der Waals surface area contributed by atoms with Gasteiger partial charge in [-0.2, -0.15) is 20.2 Å². The highest BCUT2D eigenvalue weighted by Gasteiger charge is 2.05. The highest BCUT2D eigenvalue weighted by Crippen LogP contribution is 2.27. The summed E-state index contributed by atoms with van der Waals surface area (Å²) >= 11 is 5.95. The van der Waals surface area contributed by atoms with Gasteiger partial charge in [0, 0.05) is 17.2 Å². The third-order valence-corrected chi connectivity index (χ3v) is 3.73. The van der Waals surface area contributed by atoms with Crippen LogP contribution in [0.4, 0.5) is 11.8 Å². The third kappa shape index (κ3) is 5.02. The second-order valence-corrected chi connectivity index (χ2v) is 5.96. The van der Waals surface area contributed by atoms with Crippen molar-refractivity contribution in [1.82, 2.24) is 9.97 Å². The van der Waals surface area contributed by atoms with E-state index in [4.69, 9.17) is 11.6 Å². The standard InChI is InChI=1S/C18H15ClN6O4/c19-14-7-15(24-20-8-10-3-1-5-12(26)16(10)28)23-18(22-14)25-21-9-11-4-2-6-13(27)17(11)29/h1-9,26-29H,(H2,22,23,24,25). The highest BCUT2D eigenvalue weighted by molar-refractivity contribution is 6.29. The lowest BCUT2D eigenvalue weighted by atomic mass is 10.2. The SMILES string of the molecule is Oc1cccc(C=NNc2cc(Cl)nc(NN=Cc3cccc(O)c3O)n2)c1O. The quantitative estimate of drug-likeness (QED) is 0.156. The van der Waals surface area contributed by atoms with E-state index < -0.39 is 0 Å². The van der Waals surface area contributed by atoms with Gasteiger partial charge in [0.2, 0.25) is 5.95 Å². The molecule has 0 atom stereocenters. The van der Waals surface area contributed by atoms with Crippen LogP contribution in [0.5, 0.6) is 23.0 Å². The molecule has 0 spiro atoms. The zero-order valence-electron chi connectivity index (χ0n) is 14.7. The van der Waals surface area contributed by atoms with Gasteiger partial charge in [0.15, 0.2) is 28.8 Å². The molecule has 0 aliphatic rings. The molecule has 29 heavy (non-hydrogen) atoms.